The number of carbonyl (C=O) groups excluding carboxylic acids is 2. The Bertz CT molecular complexity index is 327. The molecule has 1 saturated heterocycles. The fraction of sp³-hybridized carbons (Fsp3) is 0.818. The highest BCUT2D eigenvalue weighted by Crippen LogP contribution is 2.30. The number of nitrogens with zero attached hydrogens (tertiary/aromatic N) is 2. The monoisotopic (exact) mass is 276 g/mol. The maximum atomic E-state index is 12.1. The molecule has 8 heteroatoms. The van der Waals surface area contributed by atoms with Crippen LogP contribution in [0.1, 0.15) is 13.8 Å². The smallest absolute Gasteiger partial charge is 0.278 e. The molecular weight excluding hydrogens is 256 g/mol. The van der Waals surface area contributed by atoms with Gasteiger partial charge in [-0.1, -0.05) is 0 Å². The van der Waals surface area contributed by atoms with Crippen LogP contribution in [-0.4, -0.2) is 68.3 Å². The van der Waals surface area contributed by atoms with E-state index in [2.05, 4.69) is 0 Å². The third-order valence-electron chi connectivity index (χ3n) is 2.75. The molecule has 0 N–H and O–H groups in total. The standard InChI is InChI=1S/C11H20N2O6/c1-11(2)18-7(9(14)12(3)16-5)8(19-11)10(15)13(4)17-6/h7-8H,1-6H3/t7-,8-/m0/s1. The van der Waals surface area contributed by atoms with Gasteiger partial charge >= 0.3 is 0 Å². The molecule has 0 unspecified atom stereocenters. The lowest BCUT2D eigenvalue weighted by Crippen LogP contribution is -2.48. The van der Waals surface area contributed by atoms with Gasteiger partial charge in [-0.25, -0.2) is 10.1 Å². The average molecular weight is 276 g/mol. The summed E-state index contributed by atoms with van der Waals surface area (Å²) in [4.78, 5) is 33.7. The number of likely N-dealkylation sites (N-methyl/N-ethyl adjacent to an activating group) is 2. The van der Waals surface area contributed by atoms with Gasteiger partial charge in [0.25, 0.3) is 11.8 Å². The SMILES string of the molecule is CON(C)C(=O)[C@H]1OC(C)(C)O[C@@H]1C(=O)N(C)OC. The number of ether oxygens (including phenoxy) is 2. The summed E-state index contributed by atoms with van der Waals surface area (Å²) in [6.45, 7) is 3.25. The molecule has 2 atom stereocenters. The summed E-state index contributed by atoms with van der Waals surface area (Å²) in [7, 11) is 5.55. The lowest BCUT2D eigenvalue weighted by atomic mass is 10.2. The molecule has 1 aliphatic rings. The molecule has 19 heavy (non-hydrogen) atoms. The number of hydrogen-bond donors (Lipinski definition) is 0. The predicted octanol–water partition coefficient (Wildman–Crippen LogP) is -0.454. The van der Waals surface area contributed by atoms with E-state index in [1.807, 2.05) is 0 Å². The molecule has 110 valence electrons. The minimum atomic E-state index is -1.08. The van der Waals surface area contributed by atoms with Crippen molar-refractivity contribution in [3.05, 3.63) is 0 Å². The van der Waals surface area contributed by atoms with Crippen LogP contribution in [0.5, 0.6) is 0 Å². The second-order valence-electron chi connectivity index (χ2n) is 4.51. The fourth-order valence-electron chi connectivity index (χ4n) is 1.66. The lowest BCUT2D eigenvalue weighted by molar-refractivity contribution is -0.188. The van der Waals surface area contributed by atoms with Gasteiger partial charge in [0.15, 0.2) is 18.0 Å². The second-order valence-corrected chi connectivity index (χ2v) is 4.51. The van der Waals surface area contributed by atoms with E-state index in [0.29, 0.717) is 0 Å². The van der Waals surface area contributed by atoms with Crippen molar-refractivity contribution in [1.82, 2.24) is 10.1 Å². The van der Waals surface area contributed by atoms with Crippen LogP contribution in [0.15, 0.2) is 0 Å². The number of amides is 2. The zero-order valence-corrected chi connectivity index (χ0v) is 12.0. The summed E-state index contributed by atoms with van der Waals surface area (Å²) in [6.07, 6.45) is -2.16. The summed E-state index contributed by atoms with van der Waals surface area (Å²) in [5, 5.41) is 1.98. The topological polar surface area (TPSA) is 77.5 Å². The normalized spacial score (nSPS) is 25.2. The number of rotatable bonds is 4. The van der Waals surface area contributed by atoms with Crippen molar-refractivity contribution in [1.29, 1.82) is 0 Å². The molecule has 0 bridgehead atoms. The highest BCUT2D eigenvalue weighted by molar-refractivity contribution is 5.90. The van der Waals surface area contributed by atoms with Crippen molar-refractivity contribution < 1.29 is 28.7 Å². The Morgan fingerprint density at radius 1 is 0.947 bits per heavy atom. The summed E-state index contributed by atoms with van der Waals surface area (Å²) in [6, 6.07) is 0. The Hall–Kier alpha value is -1.22. The van der Waals surface area contributed by atoms with E-state index in [0.717, 1.165) is 10.1 Å². The van der Waals surface area contributed by atoms with E-state index in [1.54, 1.807) is 13.8 Å². The van der Waals surface area contributed by atoms with Crippen LogP contribution in [0.25, 0.3) is 0 Å². The van der Waals surface area contributed by atoms with Crippen LogP contribution in [0.4, 0.5) is 0 Å². The van der Waals surface area contributed by atoms with Crippen LogP contribution < -0.4 is 0 Å². The maximum Gasteiger partial charge on any atom is 0.278 e. The Morgan fingerprint density at radius 3 is 1.53 bits per heavy atom. The largest absolute Gasteiger partial charge is 0.334 e. The Labute approximate surface area is 112 Å². The quantitative estimate of drug-likeness (QED) is 0.647. The molecule has 1 aliphatic heterocycles. The van der Waals surface area contributed by atoms with Crippen molar-refractivity contribution in [2.45, 2.75) is 31.8 Å². The first-order valence-electron chi connectivity index (χ1n) is 5.72. The zero-order valence-electron chi connectivity index (χ0n) is 12.0. The molecular formula is C11H20N2O6. The second kappa shape index (κ2) is 5.83. The van der Waals surface area contributed by atoms with Crippen molar-refractivity contribution in [3.8, 4) is 0 Å². The van der Waals surface area contributed by atoms with Crippen LogP contribution in [0, 0.1) is 0 Å². The van der Waals surface area contributed by atoms with Gasteiger partial charge in [-0.2, -0.15) is 0 Å². The van der Waals surface area contributed by atoms with Gasteiger partial charge in [0.2, 0.25) is 0 Å². The molecule has 0 aromatic heterocycles. The van der Waals surface area contributed by atoms with Gasteiger partial charge in [0.05, 0.1) is 14.2 Å². The van der Waals surface area contributed by atoms with Crippen molar-refractivity contribution in [2.24, 2.45) is 0 Å². The van der Waals surface area contributed by atoms with Gasteiger partial charge < -0.3 is 9.47 Å². The van der Waals surface area contributed by atoms with Gasteiger partial charge in [-0.3, -0.25) is 19.3 Å². The predicted molar refractivity (Wildman–Crippen MR) is 63.4 cm³/mol. The van der Waals surface area contributed by atoms with E-state index in [4.69, 9.17) is 19.1 Å². The van der Waals surface area contributed by atoms with Gasteiger partial charge in [0.1, 0.15) is 0 Å². The molecule has 0 aromatic rings. The van der Waals surface area contributed by atoms with Crippen molar-refractivity contribution in [3.63, 3.8) is 0 Å². The van der Waals surface area contributed by atoms with Gasteiger partial charge in [0, 0.05) is 14.1 Å². The molecule has 8 nitrogen and oxygen atoms in total. The highest BCUT2D eigenvalue weighted by atomic mass is 16.8. The van der Waals surface area contributed by atoms with Crippen LogP contribution in [-0.2, 0) is 28.7 Å². The number of hydrogen-bond acceptors (Lipinski definition) is 6. The lowest BCUT2D eigenvalue weighted by Gasteiger charge is -2.23. The van der Waals surface area contributed by atoms with Gasteiger partial charge in [-0.05, 0) is 13.8 Å². The van der Waals surface area contributed by atoms with Crippen LogP contribution in [0.2, 0.25) is 0 Å². The zero-order chi connectivity index (χ0) is 14.8. The van der Waals surface area contributed by atoms with E-state index >= 15 is 0 Å². The Kier molecular flexibility index (Phi) is 4.86. The summed E-state index contributed by atoms with van der Waals surface area (Å²) < 4.78 is 10.9. The van der Waals surface area contributed by atoms with Crippen LogP contribution in [0.3, 0.4) is 0 Å². The van der Waals surface area contributed by atoms with E-state index < -0.39 is 29.8 Å². The molecule has 1 rings (SSSR count). The molecule has 0 radical (unpaired) electrons. The number of carbonyl (C=O) groups is 2. The summed E-state index contributed by atoms with van der Waals surface area (Å²) in [5.74, 6) is -2.05. The van der Waals surface area contributed by atoms with E-state index in [1.165, 1.54) is 28.3 Å². The first kappa shape index (κ1) is 15.8. The van der Waals surface area contributed by atoms with E-state index in [9.17, 15) is 9.59 Å². The summed E-state index contributed by atoms with van der Waals surface area (Å²) in [5.41, 5.74) is 0. The Morgan fingerprint density at radius 2 is 1.26 bits per heavy atom. The number of hydroxylamine groups is 4. The Balaban J connectivity index is 2.93. The molecule has 0 spiro atoms. The molecule has 0 aliphatic carbocycles. The van der Waals surface area contributed by atoms with Crippen molar-refractivity contribution >= 4 is 11.8 Å². The minimum absolute atomic E-state index is 0.504. The fourth-order valence-corrected chi connectivity index (χ4v) is 1.66. The molecule has 0 aromatic carbocycles. The molecule has 2 amide bonds. The van der Waals surface area contributed by atoms with Gasteiger partial charge in [-0.15, -0.1) is 0 Å². The van der Waals surface area contributed by atoms with Crippen molar-refractivity contribution in [2.75, 3.05) is 28.3 Å². The third-order valence-corrected chi connectivity index (χ3v) is 2.75. The maximum absolute atomic E-state index is 12.1. The third kappa shape index (κ3) is 3.41. The minimum Gasteiger partial charge on any atom is -0.334 e. The van der Waals surface area contributed by atoms with E-state index in [-0.39, 0.29) is 0 Å². The molecule has 0 saturated carbocycles. The highest BCUT2D eigenvalue weighted by Gasteiger charge is 2.50. The summed E-state index contributed by atoms with van der Waals surface area (Å²) >= 11 is 0. The molecule has 1 fully saturated rings. The van der Waals surface area contributed by atoms with Crippen LogP contribution >= 0.6 is 0 Å². The molecule has 1 heterocycles. The average Bonchev–Trinajstić information content (AvgIpc) is 2.70. The first-order chi connectivity index (χ1) is 8.73. The first-order valence-corrected chi connectivity index (χ1v) is 5.72.